The lowest BCUT2D eigenvalue weighted by atomic mass is 9.81. The van der Waals surface area contributed by atoms with E-state index < -0.39 is 7.12 Å². The highest BCUT2D eigenvalue weighted by molar-refractivity contribution is 6.58. The molecule has 0 bridgehead atoms. The number of rotatable bonds is 4. The Morgan fingerprint density at radius 1 is 0.540 bits per heavy atom. The Balaban J connectivity index is 0.000000643. The van der Waals surface area contributed by atoms with Crippen LogP contribution in [0.4, 0.5) is 5.82 Å². The monoisotopic (exact) mass is 736 g/mol. The number of nitrogens with zero attached hydrogens (tertiary/aromatic N) is 6. The summed E-state index contributed by atoms with van der Waals surface area (Å²) in [7, 11) is -1.34. The summed E-state index contributed by atoms with van der Waals surface area (Å²) in [4.78, 5) is 0. The van der Waals surface area contributed by atoms with E-state index >= 15 is 0 Å². The van der Waals surface area contributed by atoms with Crippen molar-refractivity contribution in [3.05, 3.63) is 141 Å². The first-order chi connectivity index (χ1) is 22.6. The lowest BCUT2D eigenvalue weighted by Crippen LogP contribution is -2.29. The number of aryl methyl sites for hydroxylation is 3. The predicted octanol–water partition coefficient (Wildman–Crippen LogP) is 8.21. The summed E-state index contributed by atoms with van der Waals surface area (Å²) in [5, 5.41) is 41.5. The first-order valence-corrected chi connectivity index (χ1v) is 15.2. The normalized spacial score (nSPS) is 9.22. The van der Waals surface area contributed by atoms with Crippen LogP contribution in [0.3, 0.4) is 0 Å². The van der Waals surface area contributed by atoms with Crippen LogP contribution >= 0.6 is 34.8 Å². The van der Waals surface area contributed by atoms with Crippen LogP contribution in [0, 0.1) is 20.8 Å². The molecule has 50 heavy (non-hydrogen) atoms. The van der Waals surface area contributed by atoms with Crippen LogP contribution in [0.15, 0.2) is 109 Å². The summed E-state index contributed by atoms with van der Waals surface area (Å²) in [6.45, 7) is 5.68. The Bertz CT molecular complexity index is 1830. The van der Waals surface area contributed by atoms with Crippen molar-refractivity contribution in [3.8, 4) is 22.5 Å². The molecule has 0 aliphatic carbocycles. The molecule has 0 atom stereocenters. The number of hydrogen-bond donors (Lipinski definition) is 4. The van der Waals surface area contributed by atoms with E-state index in [0.29, 0.717) is 26.7 Å². The van der Waals surface area contributed by atoms with Crippen molar-refractivity contribution in [2.75, 3.05) is 5.43 Å². The van der Waals surface area contributed by atoms with E-state index in [1.807, 2.05) is 99.6 Å². The van der Waals surface area contributed by atoms with Crippen molar-refractivity contribution in [1.82, 2.24) is 30.6 Å². The zero-order chi connectivity index (χ0) is 34.2. The van der Waals surface area contributed by atoms with Crippen LogP contribution in [0.25, 0.3) is 22.5 Å². The van der Waals surface area contributed by atoms with Gasteiger partial charge in [0.05, 0.1) is 11.4 Å². The van der Waals surface area contributed by atoms with Gasteiger partial charge in [0.2, 0.25) is 0 Å². The third kappa shape index (κ3) is 15.0. The fourth-order valence-corrected chi connectivity index (χ4v) is 4.05. The standard InChI is InChI=1S/C11H9ClN2.C11H12N4.C6H7BO2.C5H4Cl2N2.3CH4/c1-8-7-10(13-14-11(8)12)9-5-3-2-4-6-9;1-8-7-10(14-15-11(8)13-12)9-5-3-2-4-6-9;8-7(9)6-4-2-1-3-5-6;1-3-2-4(6)8-9-5(3)7;;;/h2-7H,1H3;2-7H,12H2,1H3,(H,13,15);1-5,8-9H;2H,1H3;3*1H4. The minimum Gasteiger partial charge on any atom is -0.423 e. The maximum atomic E-state index is 8.58. The van der Waals surface area contributed by atoms with E-state index in [-0.39, 0.29) is 22.3 Å². The van der Waals surface area contributed by atoms with Crippen LogP contribution in [0.1, 0.15) is 39.0 Å². The summed E-state index contributed by atoms with van der Waals surface area (Å²) in [6, 6.07) is 34.0. The zero-order valence-corrected chi connectivity index (χ0v) is 28.0. The van der Waals surface area contributed by atoms with Gasteiger partial charge in [-0.05, 0) is 61.1 Å². The Kier molecular flexibility index (Phi) is 21.7. The van der Waals surface area contributed by atoms with Crippen LogP contribution in [-0.4, -0.2) is 47.8 Å². The molecule has 0 spiro atoms. The van der Waals surface area contributed by atoms with Crippen molar-refractivity contribution >= 4 is 53.2 Å². The molecular formula is C36H44BCl3N8O2. The van der Waals surface area contributed by atoms with E-state index in [1.54, 1.807) is 30.3 Å². The molecular weight excluding hydrogens is 694 g/mol. The number of anilines is 1. The topological polar surface area (TPSA) is 156 Å². The molecule has 264 valence electrons. The fraction of sp³-hybridized carbons (Fsp3) is 0.167. The second-order valence-electron chi connectivity index (χ2n) is 9.77. The number of halogens is 3. The lowest BCUT2D eigenvalue weighted by Gasteiger charge is -2.04. The first kappa shape index (κ1) is 45.5. The maximum Gasteiger partial charge on any atom is 0.488 e. The van der Waals surface area contributed by atoms with E-state index in [0.717, 1.165) is 39.2 Å². The molecule has 10 nitrogen and oxygen atoms in total. The van der Waals surface area contributed by atoms with Gasteiger partial charge >= 0.3 is 7.12 Å². The van der Waals surface area contributed by atoms with Gasteiger partial charge in [0, 0.05) is 11.1 Å². The maximum absolute atomic E-state index is 8.58. The highest BCUT2D eigenvalue weighted by Crippen LogP contribution is 2.20. The van der Waals surface area contributed by atoms with Crippen LogP contribution < -0.4 is 16.7 Å². The van der Waals surface area contributed by atoms with Gasteiger partial charge in [-0.25, -0.2) is 5.84 Å². The van der Waals surface area contributed by atoms with E-state index in [4.69, 9.17) is 50.7 Å². The Morgan fingerprint density at radius 3 is 1.30 bits per heavy atom. The third-order valence-electron chi connectivity index (χ3n) is 6.18. The van der Waals surface area contributed by atoms with Crippen molar-refractivity contribution in [1.29, 1.82) is 0 Å². The molecule has 5 N–H and O–H groups in total. The quantitative estimate of drug-likeness (QED) is 0.0790. The van der Waals surface area contributed by atoms with Crippen LogP contribution in [0.2, 0.25) is 15.5 Å². The Morgan fingerprint density at radius 2 is 0.940 bits per heavy atom. The smallest absolute Gasteiger partial charge is 0.423 e. The van der Waals surface area contributed by atoms with Crippen molar-refractivity contribution in [2.45, 2.75) is 43.1 Å². The fourth-order valence-electron chi connectivity index (χ4n) is 3.66. The minimum absolute atomic E-state index is 0. The van der Waals surface area contributed by atoms with Gasteiger partial charge in [0.15, 0.2) is 21.3 Å². The lowest BCUT2D eigenvalue weighted by molar-refractivity contribution is 0.426. The summed E-state index contributed by atoms with van der Waals surface area (Å²) < 4.78 is 0. The molecule has 6 rings (SSSR count). The Labute approximate surface area is 310 Å². The van der Waals surface area contributed by atoms with Gasteiger partial charge in [-0.2, -0.15) is 0 Å². The van der Waals surface area contributed by atoms with E-state index in [9.17, 15) is 0 Å². The van der Waals surface area contributed by atoms with Crippen LogP contribution in [0.5, 0.6) is 0 Å². The predicted molar refractivity (Wildman–Crippen MR) is 210 cm³/mol. The SMILES string of the molecule is C.C.C.Cc1cc(-c2ccccc2)nnc1Cl.Cc1cc(-c2ccccc2)nnc1NN.Cc1cc(Cl)nnc1Cl.OB(O)c1ccccc1. The molecule has 6 aromatic rings. The molecule has 0 amide bonds. The minimum atomic E-state index is -1.34. The molecule has 3 aromatic carbocycles. The highest BCUT2D eigenvalue weighted by atomic mass is 35.5. The molecule has 0 fully saturated rings. The average Bonchev–Trinajstić information content (AvgIpc) is 3.10. The van der Waals surface area contributed by atoms with E-state index in [2.05, 4.69) is 36.0 Å². The van der Waals surface area contributed by atoms with Gasteiger partial charge < -0.3 is 15.5 Å². The third-order valence-corrected chi connectivity index (χ3v) is 7.11. The van der Waals surface area contributed by atoms with Crippen molar-refractivity contribution < 1.29 is 10.0 Å². The summed E-state index contributed by atoms with van der Waals surface area (Å²) in [5.41, 5.74) is 9.61. The van der Waals surface area contributed by atoms with Gasteiger partial charge in [-0.3, -0.25) is 0 Å². The molecule has 0 saturated carbocycles. The van der Waals surface area contributed by atoms with Crippen LogP contribution in [-0.2, 0) is 0 Å². The van der Waals surface area contributed by atoms with Crippen molar-refractivity contribution in [3.63, 3.8) is 0 Å². The number of nitrogens with two attached hydrogens (primary N) is 1. The molecule has 3 aromatic heterocycles. The molecule has 0 aliphatic rings. The number of benzene rings is 3. The summed E-state index contributed by atoms with van der Waals surface area (Å²) in [5.74, 6) is 5.89. The van der Waals surface area contributed by atoms with Crippen molar-refractivity contribution in [2.24, 2.45) is 5.84 Å². The molecule has 14 heteroatoms. The molecule has 3 heterocycles. The second-order valence-corrected chi connectivity index (χ2v) is 10.9. The number of aromatic nitrogens is 6. The number of hydrogen-bond acceptors (Lipinski definition) is 10. The second kappa shape index (κ2) is 23.8. The zero-order valence-electron chi connectivity index (χ0n) is 25.8. The highest BCUT2D eigenvalue weighted by Gasteiger charge is 2.07. The van der Waals surface area contributed by atoms with Gasteiger partial charge in [-0.1, -0.05) is 148 Å². The first-order valence-electron chi connectivity index (χ1n) is 14.1. The van der Waals surface area contributed by atoms with Gasteiger partial charge in [0.1, 0.15) is 0 Å². The largest absolute Gasteiger partial charge is 0.488 e. The Hall–Kier alpha value is -4.49. The number of nitrogen functional groups attached to an aromatic ring is 1. The molecule has 0 radical (unpaired) electrons. The summed E-state index contributed by atoms with van der Waals surface area (Å²) >= 11 is 16.8. The average molecular weight is 738 g/mol. The summed E-state index contributed by atoms with van der Waals surface area (Å²) in [6.07, 6.45) is 0. The molecule has 0 unspecified atom stereocenters. The number of nitrogens with one attached hydrogen (secondary N) is 1. The van der Waals surface area contributed by atoms with E-state index in [1.165, 1.54) is 0 Å². The number of hydrazine groups is 1. The van der Waals surface area contributed by atoms with Gasteiger partial charge in [0.25, 0.3) is 0 Å². The van der Waals surface area contributed by atoms with Gasteiger partial charge in [-0.15, -0.1) is 30.6 Å². The molecule has 0 aliphatic heterocycles. The molecule has 0 saturated heterocycles.